The summed E-state index contributed by atoms with van der Waals surface area (Å²) in [5, 5.41) is 10.1. The second-order valence-corrected chi connectivity index (χ2v) is 9.62. The molecule has 30 heavy (non-hydrogen) atoms. The van der Waals surface area contributed by atoms with Crippen molar-refractivity contribution in [3.05, 3.63) is 29.7 Å². The first-order valence-corrected chi connectivity index (χ1v) is 10.8. The zero-order valence-corrected chi connectivity index (χ0v) is 18.2. The van der Waals surface area contributed by atoms with Gasteiger partial charge in [-0.05, 0) is 62.1 Å². The van der Waals surface area contributed by atoms with Gasteiger partial charge in [-0.2, -0.15) is 5.26 Å². The highest BCUT2D eigenvalue weighted by atomic mass is 19.1. The normalized spacial score (nSPS) is 29.5. The Labute approximate surface area is 177 Å². The summed E-state index contributed by atoms with van der Waals surface area (Å²) >= 11 is 0. The molecule has 5 nitrogen and oxygen atoms in total. The van der Waals surface area contributed by atoms with Gasteiger partial charge in [0, 0.05) is 35.6 Å². The molecule has 3 atom stereocenters. The van der Waals surface area contributed by atoms with E-state index in [0.717, 1.165) is 31.2 Å². The Hall–Kier alpha value is -2.55. The lowest BCUT2D eigenvalue weighted by molar-refractivity contribution is -0.145. The van der Waals surface area contributed by atoms with E-state index in [2.05, 4.69) is 22.9 Å². The number of piperidine rings is 2. The van der Waals surface area contributed by atoms with Crippen LogP contribution in [0.5, 0.6) is 5.75 Å². The monoisotopic (exact) mass is 411 g/mol. The van der Waals surface area contributed by atoms with E-state index >= 15 is 0 Å². The lowest BCUT2D eigenvalue weighted by Gasteiger charge is -2.52. The zero-order chi connectivity index (χ0) is 21.6. The smallest absolute Gasteiger partial charge is 0.223 e. The van der Waals surface area contributed by atoms with Crippen LogP contribution in [0.15, 0.2) is 18.3 Å². The van der Waals surface area contributed by atoms with Gasteiger partial charge in [-0.1, -0.05) is 13.8 Å². The van der Waals surface area contributed by atoms with E-state index in [1.807, 2.05) is 13.8 Å². The van der Waals surface area contributed by atoms with Crippen molar-refractivity contribution in [1.82, 2.24) is 9.88 Å². The zero-order valence-electron chi connectivity index (χ0n) is 18.2. The van der Waals surface area contributed by atoms with Crippen molar-refractivity contribution >= 4 is 16.8 Å². The standard InChI is InChI=1S/C24H30FN3O2/c1-14-7-16-10-24(3,13-26)11-17(8-14)28(16)21(29)9-15(2)18-12-27-19-5-6-20(30-4)23(25)22(18)19/h5-6,12,14-17,27H,7-11H2,1-4H3. The molecule has 0 radical (unpaired) electrons. The number of carbonyl (C=O) groups excluding carboxylic acids is 1. The Morgan fingerprint density at radius 1 is 1.40 bits per heavy atom. The average molecular weight is 412 g/mol. The van der Waals surface area contributed by atoms with Crippen LogP contribution < -0.4 is 4.74 Å². The summed E-state index contributed by atoms with van der Waals surface area (Å²) in [5.74, 6) is 0.369. The maximum absolute atomic E-state index is 14.9. The first kappa shape index (κ1) is 20.7. The SMILES string of the molecule is COc1ccc2[nH]cc(C(C)CC(=O)N3C4CC(C)CC3CC(C)(C#N)C4)c2c1F. The molecule has 1 amide bonds. The fourth-order valence-corrected chi connectivity index (χ4v) is 5.75. The number of halogens is 1. The Bertz CT molecular complexity index is 992. The number of rotatable bonds is 4. The molecule has 6 heteroatoms. The molecule has 2 saturated heterocycles. The van der Waals surface area contributed by atoms with Crippen molar-refractivity contribution in [3.8, 4) is 11.8 Å². The number of nitriles is 1. The summed E-state index contributed by atoms with van der Waals surface area (Å²) in [5.41, 5.74) is 1.15. The summed E-state index contributed by atoms with van der Waals surface area (Å²) in [7, 11) is 1.45. The second kappa shape index (κ2) is 7.61. The van der Waals surface area contributed by atoms with Crippen LogP contribution in [0.3, 0.4) is 0 Å². The van der Waals surface area contributed by atoms with E-state index in [4.69, 9.17) is 4.74 Å². The van der Waals surface area contributed by atoms with Crippen molar-refractivity contribution in [3.63, 3.8) is 0 Å². The topological polar surface area (TPSA) is 69.1 Å². The van der Waals surface area contributed by atoms with Crippen molar-refractivity contribution in [1.29, 1.82) is 5.26 Å². The molecular formula is C24H30FN3O2. The molecule has 3 unspecified atom stereocenters. The Kier molecular flexibility index (Phi) is 5.25. The molecule has 2 fully saturated rings. The van der Waals surface area contributed by atoms with E-state index in [-0.39, 0.29) is 40.9 Å². The predicted molar refractivity (Wildman–Crippen MR) is 114 cm³/mol. The molecule has 2 aliphatic heterocycles. The number of ether oxygens (including phenoxy) is 1. The van der Waals surface area contributed by atoms with Crippen LogP contribution in [0.25, 0.3) is 10.9 Å². The molecule has 2 aliphatic rings. The lowest BCUT2D eigenvalue weighted by atomic mass is 9.67. The van der Waals surface area contributed by atoms with Gasteiger partial charge in [-0.25, -0.2) is 4.39 Å². The van der Waals surface area contributed by atoms with Crippen molar-refractivity contribution in [2.75, 3.05) is 7.11 Å². The lowest BCUT2D eigenvalue weighted by Crippen LogP contribution is -2.58. The summed E-state index contributed by atoms with van der Waals surface area (Å²) in [6.45, 7) is 6.23. The second-order valence-electron chi connectivity index (χ2n) is 9.62. The predicted octanol–water partition coefficient (Wildman–Crippen LogP) is 5.13. The number of aromatic nitrogens is 1. The van der Waals surface area contributed by atoms with Gasteiger partial charge in [-0.15, -0.1) is 0 Å². The molecule has 2 aromatic rings. The fourth-order valence-electron chi connectivity index (χ4n) is 5.75. The molecule has 2 bridgehead atoms. The van der Waals surface area contributed by atoms with Gasteiger partial charge in [0.2, 0.25) is 5.91 Å². The summed E-state index contributed by atoms with van der Waals surface area (Å²) in [6, 6.07) is 6.14. The minimum Gasteiger partial charge on any atom is -0.494 e. The minimum atomic E-state index is -0.390. The number of benzene rings is 1. The van der Waals surface area contributed by atoms with Crippen LogP contribution in [0, 0.1) is 28.5 Å². The Morgan fingerprint density at radius 3 is 2.67 bits per heavy atom. The minimum absolute atomic E-state index is 0.113. The number of hydrogen-bond donors (Lipinski definition) is 1. The van der Waals surface area contributed by atoms with E-state index < -0.39 is 0 Å². The van der Waals surface area contributed by atoms with Gasteiger partial charge in [0.05, 0.1) is 18.6 Å². The van der Waals surface area contributed by atoms with Crippen molar-refractivity contribution in [2.24, 2.45) is 11.3 Å². The van der Waals surface area contributed by atoms with Gasteiger partial charge in [0.1, 0.15) is 0 Å². The maximum Gasteiger partial charge on any atom is 0.223 e. The van der Waals surface area contributed by atoms with Gasteiger partial charge in [0.25, 0.3) is 0 Å². The van der Waals surface area contributed by atoms with Gasteiger partial charge >= 0.3 is 0 Å². The highest BCUT2D eigenvalue weighted by Gasteiger charge is 2.47. The fraction of sp³-hybridized carbons (Fsp3) is 0.583. The van der Waals surface area contributed by atoms with E-state index in [9.17, 15) is 14.4 Å². The number of aromatic amines is 1. The molecule has 160 valence electrons. The number of H-pyrrole nitrogens is 1. The first-order valence-electron chi connectivity index (χ1n) is 10.8. The molecule has 1 aromatic heterocycles. The molecular weight excluding hydrogens is 381 g/mol. The van der Waals surface area contributed by atoms with E-state index in [1.165, 1.54) is 7.11 Å². The maximum atomic E-state index is 14.9. The Balaban J connectivity index is 1.57. The third kappa shape index (κ3) is 3.45. The number of carbonyl (C=O) groups is 1. The number of amides is 1. The van der Waals surface area contributed by atoms with Gasteiger partial charge < -0.3 is 14.6 Å². The summed E-state index contributed by atoms with van der Waals surface area (Å²) in [4.78, 5) is 18.6. The molecule has 0 saturated carbocycles. The van der Waals surface area contributed by atoms with Crippen LogP contribution in [0.4, 0.5) is 4.39 Å². The molecule has 4 rings (SSSR count). The number of hydrogen-bond acceptors (Lipinski definition) is 3. The summed E-state index contributed by atoms with van der Waals surface area (Å²) in [6.07, 6.45) is 5.51. The van der Waals surface area contributed by atoms with Crippen molar-refractivity contribution < 1.29 is 13.9 Å². The number of nitrogens with one attached hydrogen (secondary N) is 1. The number of methoxy groups -OCH3 is 1. The third-order valence-electron chi connectivity index (χ3n) is 7.08. The van der Waals surface area contributed by atoms with E-state index in [1.54, 1.807) is 18.3 Å². The number of nitrogens with zero attached hydrogens (tertiary/aromatic N) is 2. The largest absolute Gasteiger partial charge is 0.494 e. The highest BCUT2D eigenvalue weighted by molar-refractivity contribution is 5.87. The van der Waals surface area contributed by atoms with Crippen LogP contribution in [-0.2, 0) is 4.79 Å². The Morgan fingerprint density at radius 2 is 2.07 bits per heavy atom. The van der Waals surface area contributed by atoms with Gasteiger partial charge in [-0.3, -0.25) is 4.79 Å². The van der Waals surface area contributed by atoms with Crippen LogP contribution in [0.1, 0.15) is 64.4 Å². The van der Waals surface area contributed by atoms with Crippen LogP contribution >= 0.6 is 0 Å². The van der Waals surface area contributed by atoms with E-state index in [0.29, 0.717) is 23.2 Å². The molecule has 0 spiro atoms. The van der Waals surface area contributed by atoms with Gasteiger partial charge in [0.15, 0.2) is 11.6 Å². The highest BCUT2D eigenvalue weighted by Crippen LogP contribution is 2.46. The molecule has 3 heterocycles. The van der Waals surface area contributed by atoms with Crippen LogP contribution in [0.2, 0.25) is 0 Å². The van der Waals surface area contributed by atoms with Crippen molar-refractivity contribution in [2.45, 2.75) is 70.9 Å². The first-order chi connectivity index (χ1) is 14.3. The average Bonchev–Trinajstić information content (AvgIpc) is 3.12. The number of fused-ring (bicyclic) bond motifs is 3. The molecule has 1 N–H and O–H groups in total. The van der Waals surface area contributed by atoms with Crippen LogP contribution in [-0.4, -0.2) is 35.0 Å². The molecule has 0 aliphatic carbocycles. The molecule has 1 aromatic carbocycles. The quantitative estimate of drug-likeness (QED) is 0.758. The summed E-state index contributed by atoms with van der Waals surface area (Å²) < 4.78 is 20.0. The third-order valence-corrected chi connectivity index (χ3v) is 7.08.